The number of benzene rings is 1. The van der Waals surface area contributed by atoms with Crippen LogP contribution >= 0.6 is 0 Å². The topological polar surface area (TPSA) is 49.3 Å². The molecule has 106 valence electrons. The maximum absolute atomic E-state index is 11.7. The number of rotatable bonds is 9. The highest BCUT2D eigenvalue weighted by molar-refractivity contribution is 5.76. The number of amides is 1. The van der Waals surface area contributed by atoms with E-state index in [1.165, 1.54) is 12.8 Å². The van der Waals surface area contributed by atoms with Crippen molar-refractivity contribution >= 4 is 5.91 Å². The molecule has 0 heterocycles. The number of unbranched alkanes of at least 4 members (excludes halogenated alkanes) is 3. The summed E-state index contributed by atoms with van der Waals surface area (Å²) >= 11 is 0. The van der Waals surface area contributed by atoms with Crippen molar-refractivity contribution in [3.05, 3.63) is 35.9 Å². The molecule has 0 radical (unpaired) electrons. The molecule has 0 aromatic heterocycles. The van der Waals surface area contributed by atoms with Gasteiger partial charge in [0.2, 0.25) is 5.91 Å². The Morgan fingerprint density at radius 2 is 1.95 bits per heavy atom. The molecule has 1 aromatic carbocycles. The van der Waals surface area contributed by atoms with Crippen molar-refractivity contribution in [1.82, 2.24) is 5.32 Å². The van der Waals surface area contributed by atoms with Crippen LogP contribution in [0, 0.1) is 0 Å². The van der Waals surface area contributed by atoms with Gasteiger partial charge in [-0.25, -0.2) is 0 Å². The first-order chi connectivity index (χ1) is 9.26. The third kappa shape index (κ3) is 6.97. The highest BCUT2D eigenvalue weighted by Crippen LogP contribution is 2.05. The van der Waals surface area contributed by atoms with Gasteiger partial charge < -0.3 is 10.4 Å². The molecule has 1 amide bonds. The summed E-state index contributed by atoms with van der Waals surface area (Å²) in [6.07, 6.45) is 5.63. The van der Waals surface area contributed by atoms with Crippen LogP contribution in [-0.4, -0.2) is 23.7 Å². The number of carbonyl (C=O) groups is 1. The van der Waals surface area contributed by atoms with E-state index in [1.54, 1.807) is 0 Å². The Labute approximate surface area is 116 Å². The van der Waals surface area contributed by atoms with Crippen LogP contribution in [0.5, 0.6) is 0 Å². The summed E-state index contributed by atoms with van der Waals surface area (Å²) in [7, 11) is 0. The number of carbonyl (C=O) groups excluding carboxylic acids is 1. The third-order valence-corrected chi connectivity index (χ3v) is 3.17. The normalized spacial score (nSPS) is 12.1. The van der Waals surface area contributed by atoms with Crippen LogP contribution in [-0.2, 0) is 11.2 Å². The molecule has 2 N–H and O–H groups in total. The summed E-state index contributed by atoms with van der Waals surface area (Å²) in [5, 5.41) is 12.2. The second-order valence-electron chi connectivity index (χ2n) is 4.95. The molecule has 0 aliphatic heterocycles. The summed E-state index contributed by atoms with van der Waals surface area (Å²) in [6.45, 7) is 2.14. The molecule has 0 unspecified atom stereocenters. The van der Waals surface area contributed by atoms with E-state index in [2.05, 4.69) is 12.2 Å². The predicted molar refractivity (Wildman–Crippen MR) is 77.9 cm³/mol. The zero-order valence-electron chi connectivity index (χ0n) is 11.8. The molecule has 0 saturated carbocycles. The Morgan fingerprint density at radius 3 is 2.58 bits per heavy atom. The van der Waals surface area contributed by atoms with Crippen molar-refractivity contribution in [1.29, 1.82) is 0 Å². The second kappa shape index (κ2) is 9.56. The molecule has 0 aliphatic carbocycles. The van der Waals surface area contributed by atoms with Crippen LogP contribution in [0.15, 0.2) is 30.3 Å². The molecule has 0 bridgehead atoms. The number of hydrogen-bond donors (Lipinski definition) is 2. The van der Waals surface area contributed by atoms with Crippen molar-refractivity contribution < 1.29 is 9.90 Å². The molecule has 0 aliphatic rings. The van der Waals surface area contributed by atoms with Crippen LogP contribution in [0.4, 0.5) is 0 Å². The van der Waals surface area contributed by atoms with Gasteiger partial charge in [0, 0.05) is 6.42 Å². The predicted octanol–water partition coefficient (Wildman–Crippen LogP) is 2.68. The fraction of sp³-hybridized carbons (Fsp3) is 0.562. The summed E-state index contributed by atoms with van der Waals surface area (Å²) in [5.41, 5.74) is 1.13. The molecule has 3 heteroatoms. The van der Waals surface area contributed by atoms with E-state index in [1.807, 2.05) is 30.3 Å². The van der Waals surface area contributed by atoms with Crippen LogP contribution < -0.4 is 5.32 Å². The monoisotopic (exact) mass is 263 g/mol. The molecular formula is C16H25NO2. The van der Waals surface area contributed by atoms with E-state index >= 15 is 0 Å². The average Bonchev–Trinajstić information content (AvgIpc) is 2.44. The van der Waals surface area contributed by atoms with Gasteiger partial charge in [0.15, 0.2) is 0 Å². The van der Waals surface area contributed by atoms with Crippen LogP contribution in [0.2, 0.25) is 0 Å². The fourth-order valence-corrected chi connectivity index (χ4v) is 2.07. The van der Waals surface area contributed by atoms with Crippen LogP contribution in [0.1, 0.15) is 44.6 Å². The lowest BCUT2D eigenvalue weighted by atomic mass is 10.1. The van der Waals surface area contributed by atoms with E-state index in [9.17, 15) is 9.90 Å². The maximum atomic E-state index is 11.7. The summed E-state index contributed by atoms with van der Waals surface area (Å²) in [5.74, 6) is 0.0473. The molecule has 1 atom stereocenters. The average molecular weight is 263 g/mol. The van der Waals surface area contributed by atoms with Gasteiger partial charge in [-0.1, -0.05) is 56.5 Å². The fourth-order valence-electron chi connectivity index (χ4n) is 2.07. The minimum absolute atomic E-state index is 0.0183. The standard InChI is InChI=1S/C16H25NO2/c1-2-3-4-8-11-16(19)17-15(13-18)12-14-9-6-5-7-10-14/h5-7,9-10,15,18H,2-4,8,11-13H2,1H3,(H,17,19)/t15-/m1/s1. The molecule has 3 nitrogen and oxygen atoms in total. The van der Waals surface area contributed by atoms with Gasteiger partial charge >= 0.3 is 0 Å². The summed E-state index contributed by atoms with van der Waals surface area (Å²) in [4.78, 5) is 11.7. The van der Waals surface area contributed by atoms with Crippen molar-refractivity contribution in [2.45, 2.75) is 51.5 Å². The van der Waals surface area contributed by atoms with Gasteiger partial charge in [-0.15, -0.1) is 0 Å². The second-order valence-corrected chi connectivity index (χ2v) is 4.95. The van der Waals surface area contributed by atoms with Crippen molar-refractivity contribution in [2.75, 3.05) is 6.61 Å². The van der Waals surface area contributed by atoms with Gasteiger partial charge in [-0.3, -0.25) is 4.79 Å². The van der Waals surface area contributed by atoms with Gasteiger partial charge in [0.25, 0.3) is 0 Å². The zero-order valence-corrected chi connectivity index (χ0v) is 11.8. The van der Waals surface area contributed by atoms with E-state index < -0.39 is 0 Å². The van der Waals surface area contributed by atoms with E-state index in [0.29, 0.717) is 12.8 Å². The Kier molecular flexibility index (Phi) is 7.91. The minimum atomic E-state index is -0.180. The first kappa shape index (κ1) is 15.7. The van der Waals surface area contributed by atoms with E-state index in [0.717, 1.165) is 18.4 Å². The molecule has 19 heavy (non-hydrogen) atoms. The van der Waals surface area contributed by atoms with Crippen molar-refractivity contribution in [3.63, 3.8) is 0 Å². The van der Waals surface area contributed by atoms with E-state index in [-0.39, 0.29) is 18.6 Å². The molecule has 0 saturated heterocycles. The van der Waals surface area contributed by atoms with Crippen LogP contribution in [0.25, 0.3) is 0 Å². The molecular weight excluding hydrogens is 238 g/mol. The number of hydrogen-bond acceptors (Lipinski definition) is 2. The Bertz CT molecular complexity index is 351. The number of nitrogens with one attached hydrogen (secondary N) is 1. The van der Waals surface area contributed by atoms with Crippen LogP contribution in [0.3, 0.4) is 0 Å². The zero-order chi connectivity index (χ0) is 13.9. The first-order valence-electron chi connectivity index (χ1n) is 7.20. The molecule has 0 fully saturated rings. The minimum Gasteiger partial charge on any atom is -0.394 e. The Balaban J connectivity index is 2.29. The Hall–Kier alpha value is -1.35. The smallest absolute Gasteiger partial charge is 0.220 e. The Morgan fingerprint density at radius 1 is 1.21 bits per heavy atom. The first-order valence-corrected chi connectivity index (χ1v) is 7.20. The van der Waals surface area contributed by atoms with Gasteiger partial charge in [0.05, 0.1) is 12.6 Å². The van der Waals surface area contributed by atoms with Crippen molar-refractivity contribution in [3.8, 4) is 0 Å². The highest BCUT2D eigenvalue weighted by Gasteiger charge is 2.11. The van der Waals surface area contributed by atoms with Crippen molar-refractivity contribution in [2.24, 2.45) is 0 Å². The third-order valence-electron chi connectivity index (χ3n) is 3.17. The number of aliphatic hydroxyl groups excluding tert-OH is 1. The lowest BCUT2D eigenvalue weighted by Crippen LogP contribution is -2.38. The number of aliphatic hydroxyl groups is 1. The largest absolute Gasteiger partial charge is 0.394 e. The summed E-state index contributed by atoms with van der Waals surface area (Å²) < 4.78 is 0. The van der Waals surface area contributed by atoms with Gasteiger partial charge in [-0.05, 0) is 18.4 Å². The van der Waals surface area contributed by atoms with Gasteiger partial charge in [0.1, 0.15) is 0 Å². The lowest BCUT2D eigenvalue weighted by molar-refractivity contribution is -0.122. The summed E-state index contributed by atoms with van der Waals surface area (Å²) in [6, 6.07) is 9.74. The molecule has 0 spiro atoms. The molecule has 1 rings (SSSR count). The lowest BCUT2D eigenvalue weighted by Gasteiger charge is -2.16. The highest BCUT2D eigenvalue weighted by atomic mass is 16.3. The molecule has 1 aromatic rings. The van der Waals surface area contributed by atoms with Gasteiger partial charge in [-0.2, -0.15) is 0 Å². The quantitative estimate of drug-likeness (QED) is 0.673. The maximum Gasteiger partial charge on any atom is 0.220 e. The van der Waals surface area contributed by atoms with E-state index in [4.69, 9.17) is 0 Å². The SMILES string of the molecule is CCCCCCC(=O)N[C@@H](CO)Cc1ccccc1.